The predicted molar refractivity (Wildman–Crippen MR) is 38.0 cm³/mol. The molecule has 0 N–H and O–H groups in total. The lowest BCUT2D eigenvalue weighted by Crippen LogP contribution is -1.69. The van der Waals surface area contributed by atoms with Crippen LogP contribution in [0.25, 0.3) is 0 Å². The van der Waals surface area contributed by atoms with E-state index in [1.807, 2.05) is 11.4 Å². The van der Waals surface area contributed by atoms with Crippen LogP contribution >= 0.6 is 22.9 Å². The fraction of sp³-hybridized carbons (Fsp3) is 0.333. The third-order valence-electron chi connectivity index (χ3n) is 1.29. The van der Waals surface area contributed by atoms with E-state index in [2.05, 4.69) is 0 Å². The van der Waals surface area contributed by atoms with Crippen molar-refractivity contribution in [2.75, 3.05) is 6.61 Å². The molecular formula is C6H5ClOS. The first kappa shape index (κ1) is 5.71. The van der Waals surface area contributed by atoms with Crippen molar-refractivity contribution in [3.05, 3.63) is 21.3 Å². The molecule has 1 aliphatic rings. The van der Waals surface area contributed by atoms with Crippen LogP contribution in [0.4, 0.5) is 0 Å². The van der Waals surface area contributed by atoms with Gasteiger partial charge in [0.1, 0.15) is 6.10 Å². The lowest BCUT2D eigenvalue weighted by molar-refractivity contribution is 0.416. The van der Waals surface area contributed by atoms with Gasteiger partial charge in [-0.25, -0.2) is 0 Å². The van der Waals surface area contributed by atoms with Crippen molar-refractivity contribution in [1.29, 1.82) is 0 Å². The maximum atomic E-state index is 5.70. The van der Waals surface area contributed by atoms with Gasteiger partial charge in [-0.05, 0) is 17.0 Å². The van der Waals surface area contributed by atoms with Crippen molar-refractivity contribution in [2.45, 2.75) is 6.10 Å². The fourth-order valence-corrected chi connectivity index (χ4v) is 1.67. The standard InChI is InChI=1S/C6H5ClOS/c7-6-1-4(3-9-6)5-2-8-5/h1,3,5H,2H2. The Labute approximate surface area is 62.2 Å². The van der Waals surface area contributed by atoms with Crippen molar-refractivity contribution >= 4 is 22.9 Å². The molecule has 0 radical (unpaired) electrons. The molecule has 0 aliphatic carbocycles. The molecule has 1 fully saturated rings. The second-order valence-electron chi connectivity index (χ2n) is 2.01. The molecule has 1 saturated heterocycles. The van der Waals surface area contributed by atoms with Gasteiger partial charge in [0.25, 0.3) is 0 Å². The number of hydrogen-bond acceptors (Lipinski definition) is 2. The summed E-state index contributed by atoms with van der Waals surface area (Å²) in [5.41, 5.74) is 1.23. The van der Waals surface area contributed by atoms with Crippen LogP contribution in [0.1, 0.15) is 11.7 Å². The first-order valence-electron chi connectivity index (χ1n) is 2.72. The molecule has 0 bridgehead atoms. The Morgan fingerprint density at radius 1 is 1.78 bits per heavy atom. The maximum Gasteiger partial charge on any atom is 0.107 e. The Morgan fingerprint density at radius 2 is 2.56 bits per heavy atom. The van der Waals surface area contributed by atoms with Crippen LogP contribution in [0.2, 0.25) is 4.34 Å². The number of halogens is 1. The third-order valence-corrected chi connectivity index (χ3v) is 2.40. The molecule has 1 nitrogen and oxygen atoms in total. The normalized spacial score (nSPS) is 24.3. The third kappa shape index (κ3) is 1.11. The Morgan fingerprint density at radius 3 is 3.00 bits per heavy atom. The first-order valence-corrected chi connectivity index (χ1v) is 3.97. The number of rotatable bonds is 1. The van der Waals surface area contributed by atoms with Gasteiger partial charge in [-0.1, -0.05) is 11.6 Å². The second kappa shape index (κ2) is 1.97. The van der Waals surface area contributed by atoms with Gasteiger partial charge in [0.05, 0.1) is 10.9 Å². The van der Waals surface area contributed by atoms with Gasteiger partial charge < -0.3 is 4.74 Å². The quantitative estimate of drug-likeness (QED) is 0.575. The summed E-state index contributed by atoms with van der Waals surface area (Å²) in [5.74, 6) is 0. The monoisotopic (exact) mass is 160 g/mol. The molecule has 2 heterocycles. The molecule has 9 heavy (non-hydrogen) atoms. The van der Waals surface area contributed by atoms with Crippen LogP contribution in [-0.2, 0) is 4.74 Å². The number of hydrogen-bond donors (Lipinski definition) is 0. The summed E-state index contributed by atoms with van der Waals surface area (Å²) in [6, 6.07) is 1.96. The summed E-state index contributed by atoms with van der Waals surface area (Å²) in [4.78, 5) is 0. The van der Waals surface area contributed by atoms with Gasteiger partial charge in [-0.15, -0.1) is 11.3 Å². The zero-order valence-corrected chi connectivity index (χ0v) is 6.21. The zero-order valence-electron chi connectivity index (χ0n) is 4.63. The molecule has 48 valence electrons. The maximum absolute atomic E-state index is 5.70. The first-order chi connectivity index (χ1) is 4.36. The average Bonchev–Trinajstić information content (AvgIpc) is 2.58. The van der Waals surface area contributed by atoms with E-state index in [-0.39, 0.29) is 0 Å². The number of ether oxygens (including phenoxy) is 1. The van der Waals surface area contributed by atoms with Crippen molar-refractivity contribution in [2.24, 2.45) is 0 Å². The second-order valence-corrected chi connectivity index (χ2v) is 3.55. The molecule has 1 aromatic rings. The van der Waals surface area contributed by atoms with E-state index in [0.717, 1.165) is 10.9 Å². The molecule has 1 aliphatic heterocycles. The lowest BCUT2D eigenvalue weighted by Gasteiger charge is -1.80. The largest absolute Gasteiger partial charge is 0.368 e. The van der Waals surface area contributed by atoms with E-state index in [0.29, 0.717) is 6.10 Å². The van der Waals surface area contributed by atoms with Crippen molar-refractivity contribution in [3.63, 3.8) is 0 Å². The topological polar surface area (TPSA) is 12.5 Å². The summed E-state index contributed by atoms with van der Waals surface area (Å²) in [5, 5.41) is 2.04. The SMILES string of the molecule is Clc1cc(C2CO2)cs1. The summed E-state index contributed by atoms with van der Waals surface area (Å²) < 4.78 is 5.90. The minimum Gasteiger partial charge on any atom is -0.368 e. The van der Waals surface area contributed by atoms with Crippen LogP contribution in [-0.4, -0.2) is 6.61 Å². The highest BCUT2D eigenvalue weighted by Gasteiger charge is 2.25. The molecule has 1 atom stereocenters. The summed E-state index contributed by atoms with van der Waals surface area (Å²) in [6.07, 6.45) is 0.355. The van der Waals surface area contributed by atoms with E-state index in [1.165, 1.54) is 5.56 Å². The van der Waals surface area contributed by atoms with E-state index >= 15 is 0 Å². The van der Waals surface area contributed by atoms with Crippen molar-refractivity contribution in [3.8, 4) is 0 Å². The van der Waals surface area contributed by atoms with Gasteiger partial charge in [0, 0.05) is 0 Å². The van der Waals surface area contributed by atoms with Crippen molar-refractivity contribution in [1.82, 2.24) is 0 Å². The molecule has 3 heteroatoms. The molecular weight excluding hydrogens is 156 g/mol. The smallest absolute Gasteiger partial charge is 0.107 e. The summed E-state index contributed by atoms with van der Waals surface area (Å²) >= 11 is 7.25. The Balaban J connectivity index is 2.28. The van der Waals surface area contributed by atoms with E-state index in [9.17, 15) is 0 Å². The van der Waals surface area contributed by atoms with Crippen LogP contribution in [0, 0.1) is 0 Å². The van der Waals surface area contributed by atoms with Gasteiger partial charge in [-0.3, -0.25) is 0 Å². The number of epoxide rings is 1. The Bertz CT molecular complexity index is 217. The highest BCUT2D eigenvalue weighted by molar-refractivity contribution is 7.14. The highest BCUT2D eigenvalue weighted by Crippen LogP contribution is 2.34. The van der Waals surface area contributed by atoms with Crippen LogP contribution in [0.5, 0.6) is 0 Å². The lowest BCUT2D eigenvalue weighted by atomic mass is 10.3. The van der Waals surface area contributed by atoms with E-state index in [4.69, 9.17) is 16.3 Å². The molecule has 2 rings (SSSR count). The van der Waals surface area contributed by atoms with Gasteiger partial charge >= 0.3 is 0 Å². The summed E-state index contributed by atoms with van der Waals surface area (Å²) in [6.45, 7) is 0.868. The molecule has 0 saturated carbocycles. The highest BCUT2D eigenvalue weighted by atomic mass is 35.5. The molecule has 0 spiro atoms. The van der Waals surface area contributed by atoms with Gasteiger partial charge in [-0.2, -0.15) is 0 Å². The Hall–Kier alpha value is -0.0500. The van der Waals surface area contributed by atoms with Crippen molar-refractivity contribution < 1.29 is 4.74 Å². The average molecular weight is 161 g/mol. The number of thiophene rings is 1. The van der Waals surface area contributed by atoms with Gasteiger partial charge in [0.2, 0.25) is 0 Å². The minimum atomic E-state index is 0.355. The van der Waals surface area contributed by atoms with E-state index in [1.54, 1.807) is 11.3 Å². The summed E-state index contributed by atoms with van der Waals surface area (Å²) in [7, 11) is 0. The van der Waals surface area contributed by atoms with Crippen LogP contribution in [0.15, 0.2) is 11.4 Å². The fourth-order valence-electron chi connectivity index (χ4n) is 0.733. The predicted octanol–water partition coefficient (Wildman–Crippen LogP) is 2.47. The minimum absolute atomic E-state index is 0.355. The van der Waals surface area contributed by atoms with Gasteiger partial charge in [0.15, 0.2) is 0 Å². The van der Waals surface area contributed by atoms with Crippen LogP contribution in [0.3, 0.4) is 0 Å². The Kier molecular flexibility index (Phi) is 1.25. The zero-order chi connectivity index (χ0) is 6.27. The van der Waals surface area contributed by atoms with E-state index < -0.39 is 0 Å². The molecule has 1 unspecified atom stereocenters. The van der Waals surface area contributed by atoms with Crippen LogP contribution < -0.4 is 0 Å². The molecule has 0 amide bonds. The molecule has 0 aromatic carbocycles. The molecule has 1 aromatic heterocycles.